The maximum Gasteiger partial charge on any atom is 0.315 e. The van der Waals surface area contributed by atoms with Crippen molar-refractivity contribution in [3.63, 3.8) is 0 Å². The second-order valence-corrected chi connectivity index (χ2v) is 7.27. The summed E-state index contributed by atoms with van der Waals surface area (Å²) in [4.78, 5) is 48.0. The Morgan fingerprint density at radius 1 is 0.969 bits per heavy atom. The number of rotatable bonds is 8. The van der Waals surface area contributed by atoms with Gasteiger partial charge in [-0.2, -0.15) is 0 Å². The van der Waals surface area contributed by atoms with Crippen LogP contribution in [0.4, 0.5) is 5.69 Å². The molecule has 8 nitrogen and oxygen atoms in total. The SMILES string of the molecule is COC(=O)CCc1c(C(=O)c2ccc(Cl)cc2)oc2cc(NC(=O)CC(=O)OC)ccc12. The maximum absolute atomic E-state index is 13.1. The zero-order valence-corrected chi connectivity index (χ0v) is 18.2. The van der Waals surface area contributed by atoms with Crippen LogP contribution in [0.15, 0.2) is 46.9 Å². The molecule has 3 rings (SSSR count). The lowest BCUT2D eigenvalue weighted by atomic mass is 10.00. The summed E-state index contributed by atoms with van der Waals surface area (Å²) in [6, 6.07) is 11.2. The zero-order valence-electron chi connectivity index (χ0n) is 17.4. The van der Waals surface area contributed by atoms with E-state index in [-0.39, 0.29) is 24.4 Å². The van der Waals surface area contributed by atoms with Crippen molar-refractivity contribution in [3.8, 4) is 0 Å². The van der Waals surface area contributed by atoms with E-state index in [0.29, 0.717) is 32.8 Å². The Bertz CT molecular complexity index is 1180. The minimum absolute atomic E-state index is 0.0592. The number of halogens is 1. The fraction of sp³-hybridized carbons (Fsp3) is 0.217. The third-order valence-corrected chi connectivity index (χ3v) is 4.98. The fourth-order valence-corrected chi connectivity index (χ4v) is 3.26. The highest BCUT2D eigenvalue weighted by atomic mass is 35.5. The summed E-state index contributed by atoms with van der Waals surface area (Å²) in [5.74, 6) is -1.91. The third-order valence-electron chi connectivity index (χ3n) is 4.73. The van der Waals surface area contributed by atoms with Gasteiger partial charge >= 0.3 is 11.9 Å². The Balaban J connectivity index is 1.97. The van der Waals surface area contributed by atoms with Crippen LogP contribution in [0, 0.1) is 0 Å². The molecule has 1 heterocycles. The first-order valence-corrected chi connectivity index (χ1v) is 9.99. The van der Waals surface area contributed by atoms with Crippen LogP contribution in [0.3, 0.4) is 0 Å². The van der Waals surface area contributed by atoms with Crippen molar-refractivity contribution < 1.29 is 33.1 Å². The summed E-state index contributed by atoms with van der Waals surface area (Å²) in [5.41, 5.74) is 1.65. The number of esters is 2. The summed E-state index contributed by atoms with van der Waals surface area (Å²) in [5, 5.41) is 3.69. The first kappa shape index (κ1) is 23.0. The molecule has 0 radical (unpaired) electrons. The molecule has 0 saturated heterocycles. The highest BCUT2D eigenvalue weighted by molar-refractivity contribution is 6.30. The minimum Gasteiger partial charge on any atom is -0.469 e. The number of hydrogen-bond donors (Lipinski definition) is 1. The van der Waals surface area contributed by atoms with Gasteiger partial charge < -0.3 is 19.2 Å². The van der Waals surface area contributed by atoms with Gasteiger partial charge in [0.25, 0.3) is 0 Å². The number of amides is 1. The molecule has 1 aromatic heterocycles. The summed E-state index contributed by atoms with van der Waals surface area (Å²) in [6.07, 6.45) is -0.149. The number of carbonyl (C=O) groups excluding carboxylic acids is 4. The van der Waals surface area contributed by atoms with E-state index >= 15 is 0 Å². The predicted molar refractivity (Wildman–Crippen MR) is 117 cm³/mol. The number of anilines is 1. The number of fused-ring (bicyclic) bond motifs is 1. The second kappa shape index (κ2) is 10.1. The Morgan fingerprint density at radius 3 is 2.31 bits per heavy atom. The largest absolute Gasteiger partial charge is 0.469 e. The molecule has 0 aliphatic rings. The molecular formula is C23H20ClNO7. The molecule has 0 unspecified atom stereocenters. The van der Waals surface area contributed by atoms with Crippen LogP contribution in [-0.2, 0) is 30.3 Å². The monoisotopic (exact) mass is 457 g/mol. The third kappa shape index (κ3) is 5.33. The minimum atomic E-state index is -0.664. The van der Waals surface area contributed by atoms with Crippen molar-refractivity contribution in [3.05, 3.63) is 64.4 Å². The van der Waals surface area contributed by atoms with Crippen LogP contribution in [-0.4, -0.2) is 37.8 Å². The van der Waals surface area contributed by atoms with Crippen molar-refractivity contribution in [2.24, 2.45) is 0 Å². The average Bonchev–Trinajstić information content (AvgIpc) is 3.14. The van der Waals surface area contributed by atoms with Crippen molar-refractivity contribution >= 4 is 51.9 Å². The van der Waals surface area contributed by atoms with E-state index in [0.717, 1.165) is 0 Å². The molecule has 0 bridgehead atoms. The summed E-state index contributed by atoms with van der Waals surface area (Å²) in [6.45, 7) is 0. The van der Waals surface area contributed by atoms with E-state index in [2.05, 4.69) is 10.1 Å². The molecule has 0 spiro atoms. The maximum atomic E-state index is 13.1. The van der Waals surface area contributed by atoms with Crippen molar-refractivity contribution in [1.82, 2.24) is 0 Å². The predicted octanol–water partition coefficient (Wildman–Crippen LogP) is 3.92. The number of ether oxygens (including phenoxy) is 2. The second-order valence-electron chi connectivity index (χ2n) is 6.83. The number of nitrogens with one attached hydrogen (secondary N) is 1. The van der Waals surface area contributed by atoms with Gasteiger partial charge in [-0.1, -0.05) is 11.6 Å². The van der Waals surface area contributed by atoms with Gasteiger partial charge in [0, 0.05) is 39.7 Å². The quantitative estimate of drug-likeness (QED) is 0.310. The number of benzene rings is 2. The van der Waals surface area contributed by atoms with Crippen LogP contribution in [0.2, 0.25) is 5.02 Å². The van der Waals surface area contributed by atoms with E-state index in [1.165, 1.54) is 14.2 Å². The summed E-state index contributed by atoms with van der Waals surface area (Å²) >= 11 is 5.91. The van der Waals surface area contributed by atoms with E-state index in [1.54, 1.807) is 42.5 Å². The number of hydrogen-bond acceptors (Lipinski definition) is 7. The first-order chi connectivity index (χ1) is 15.3. The lowest BCUT2D eigenvalue weighted by Gasteiger charge is -2.05. The van der Waals surface area contributed by atoms with Crippen LogP contribution >= 0.6 is 11.6 Å². The number of aryl methyl sites for hydroxylation is 1. The molecule has 9 heteroatoms. The molecule has 0 fully saturated rings. The van der Waals surface area contributed by atoms with Crippen molar-refractivity contribution in [1.29, 1.82) is 0 Å². The smallest absolute Gasteiger partial charge is 0.315 e. The average molecular weight is 458 g/mol. The van der Waals surface area contributed by atoms with Crippen LogP contribution in [0.5, 0.6) is 0 Å². The van der Waals surface area contributed by atoms with Gasteiger partial charge in [-0.25, -0.2) is 0 Å². The normalized spacial score (nSPS) is 10.6. The Morgan fingerprint density at radius 2 is 1.66 bits per heavy atom. The molecule has 1 amide bonds. The van der Waals surface area contributed by atoms with Gasteiger partial charge in [0.1, 0.15) is 12.0 Å². The van der Waals surface area contributed by atoms with Gasteiger partial charge in [0.2, 0.25) is 11.7 Å². The van der Waals surface area contributed by atoms with Crippen LogP contribution in [0.1, 0.15) is 34.5 Å². The molecule has 1 N–H and O–H groups in total. The fourth-order valence-electron chi connectivity index (χ4n) is 3.13. The van der Waals surface area contributed by atoms with Crippen LogP contribution < -0.4 is 5.32 Å². The van der Waals surface area contributed by atoms with Gasteiger partial charge in [-0.3, -0.25) is 19.2 Å². The molecular weight excluding hydrogens is 438 g/mol. The van der Waals surface area contributed by atoms with Gasteiger partial charge in [0.05, 0.1) is 14.2 Å². The molecule has 32 heavy (non-hydrogen) atoms. The van der Waals surface area contributed by atoms with Gasteiger partial charge in [0.15, 0.2) is 5.76 Å². The number of methoxy groups -OCH3 is 2. The Hall–Kier alpha value is -3.65. The summed E-state index contributed by atoms with van der Waals surface area (Å²) in [7, 11) is 2.48. The zero-order chi connectivity index (χ0) is 23.3. The van der Waals surface area contributed by atoms with Gasteiger partial charge in [-0.15, -0.1) is 0 Å². The lowest BCUT2D eigenvalue weighted by molar-refractivity contribution is -0.143. The van der Waals surface area contributed by atoms with Gasteiger partial charge in [-0.05, 0) is 42.8 Å². The standard InChI is InChI=1S/C23H20ClNO7/c1-30-20(27)10-9-17-16-8-7-15(25-19(26)12-21(28)31-2)11-18(16)32-23(17)22(29)13-3-5-14(24)6-4-13/h3-8,11H,9-10,12H2,1-2H3,(H,25,26). The van der Waals surface area contributed by atoms with Crippen molar-refractivity contribution in [2.45, 2.75) is 19.3 Å². The first-order valence-electron chi connectivity index (χ1n) is 9.61. The highest BCUT2D eigenvalue weighted by Gasteiger charge is 2.23. The summed E-state index contributed by atoms with van der Waals surface area (Å²) < 4.78 is 15.0. The Labute approximate surface area is 188 Å². The molecule has 2 aromatic carbocycles. The van der Waals surface area contributed by atoms with E-state index in [4.69, 9.17) is 20.8 Å². The van der Waals surface area contributed by atoms with Crippen molar-refractivity contribution in [2.75, 3.05) is 19.5 Å². The molecule has 0 aliphatic heterocycles. The van der Waals surface area contributed by atoms with E-state index in [1.807, 2.05) is 0 Å². The van der Waals surface area contributed by atoms with Crippen LogP contribution in [0.25, 0.3) is 11.0 Å². The highest BCUT2D eigenvalue weighted by Crippen LogP contribution is 2.31. The molecule has 3 aromatic rings. The van der Waals surface area contributed by atoms with E-state index in [9.17, 15) is 19.2 Å². The molecule has 0 aliphatic carbocycles. The number of carbonyl (C=O) groups is 4. The molecule has 0 atom stereocenters. The number of ketones is 1. The number of furan rings is 1. The topological polar surface area (TPSA) is 112 Å². The lowest BCUT2D eigenvalue weighted by Crippen LogP contribution is -2.17. The Kier molecular flexibility index (Phi) is 7.27. The molecule has 166 valence electrons. The van der Waals surface area contributed by atoms with E-state index < -0.39 is 24.3 Å². The molecule has 0 saturated carbocycles.